The Kier molecular flexibility index (Phi) is 7.51. The highest BCUT2D eigenvalue weighted by molar-refractivity contribution is 6.05. The zero-order valence-corrected chi connectivity index (χ0v) is 22.7. The molecular weight excluding hydrogens is 545 g/mol. The maximum Gasteiger partial charge on any atom is 0.417 e. The summed E-state index contributed by atoms with van der Waals surface area (Å²) in [4.78, 5) is 17.2. The molecular formula is C33H29F3N2O4. The number of halogens is 3. The van der Waals surface area contributed by atoms with E-state index < -0.39 is 17.7 Å². The molecule has 2 N–H and O–H groups in total. The number of hydrogen-bond acceptors (Lipinski definition) is 4. The minimum Gasteiger partial charge on any atom is -0.493 e. The van der Waals surface area contributed by atoms with Gasteiger partial charge in [0.25, 0.3) is 0 Å². The summed E-state index contributed by atoms with van der Waals surface area (Å²) in [6.07, 6.45) is -3.73. The Morgan fingerprint density at radius 1 is 0.929 bits per heavy atom. The van der Waals surface area contributed by atoms with Gasteiger partial charge in [-0.2, -0.15) is 13.2 Å². The summed E-state index contributed by atoms with van der Waals surface area (Å²) in [6, 6.07) is 22.9. The highest BCUT2D eigenvalue weighted by Crippen LogP contribution is 2.45. The zero-order chi connectivity index (χ0) is 29.3. The van der Waals surface area contributed by atoms with Crippen molar-refractivity contribution in [2.24, 2.45) is 0 Å². The molecule has 0 spiro atoms. The number of aromatic nitrogens is 1. The first-order valence-corrected chi connectivity index (χ1v) is 13.8. The second kappa shape index (κ2) is 11.4. The predicted molar refractivity (Wildman–Crippen MR) is 156 cm³/mol. The van der Waals surface area contributed by atoms with Crippen LogP contribution in [0.2, 0.25) is 0 Å². The van der Waals surface area contributed by atoms with Gasteiger partial charge in [-0.25, -0.2) is 4.79 Å². The number of aryl methyl sites for hydroxylation is 1. The van der Waals surface area contributed by atoms with Crippen molar-refractivity contribution in [2.75, 3.05) is 37.8 Å². The van der Waals surface area contributed by atoms with E-state index in [0.29, 0.717) is 73.5 Å². The van der Waals surface area contributed by atoms with Crippen LogP contribution in [0.1, 0.15) is 28.0 Å². The topological polar surface area (TPSA) is 74.8 Å². The lowest BCUT2D eigenvalue weighted by molar-refractivity contribution is -0.137. The normalized spacial score (nSPS) is 14.0. The lowest BCUT2D eigenvalue weighted by Gasteiger charge is -2.32. The number of morpholine rings is 1. The van der Waals surface area contributed by atoms with Gasteiger partial charge in [-0.3, -0.25) is 0 Å². The highest BCUT2D eigenvalue weighted by atomic mass is 19.4. The smallest absolute Gasteiger partial charge is 0.417 e. The number of carboxylic acid groups (broad SMARTS) is 1. The van der Waals surface area contributed by atoms with E-state index in [1.807, 2.05) is 47.4 Å². The number of H-pyrrole nitrogens is 1. The molecule has 0 unspecified atom stereocenters. The number of anilines is 1. The van der Waals surface area contributed by atoms with Crippen LogP contribution in [0.25, 0.3) is 32.8 Å². The number of aromatic carboxylic acids is 1. The van der Waals surface area contributed by atoms with E-state index >= 15 is 0 Å². The Balaban J connectivity index is 1.37. The van der Waals surface area contributed by atoms with Gasteiger partial charge in [0.1, 0.15) is 11.4 Å². The van der Waals surface area contributed by atoms with Crippen LogP contribution in [0.5, 0.6) is 5.75 Å². The third-order valence-corrected chi connectivity index (χ3v) is 7.70. The Hall–Kier alpha value is -4.50. The van der Waals surface area contributed by atoms with Crippen LogP contribution in [-0.4, -0.2) is 49.0 Å². The van der Waals surface area contributed by atoms with Gasteiger partial charge in [-0.05, 0) is 42.0 Å². The number of nitrogens with one attached hydrogen (secondary N) is 1. The Morgan fingerprint density at radius 2 is 1.64 bits per heavy atom. The van der Waals surface area contributed by atoms with Crippen LogP contribution in [0.15, 0.2) is 78.9 Å². The number of aromatic amines is 1. The van der Waals surface area contributed by atoms with Crippen LogP contribution < -0.4 is 9.64 Å². The van der Waals surface area contributed by atoms with E-state index in [-0.39, 0.29) is 11.3 Å². The van der Waals surface area contributed by atoms with Crippen molar-refractivity contribution < 1.29 is 32.5 Å². The Morgan fingerprint density at radius 3 is 2.43 bits per heavy atom. The number of ether oxygens (including phenoxy) is 2. The summed E-state index contributed by atoms with van der Waals surface area (Å²) in [5, 5.41) is 12.7. The van der Waals surface area contributed by atoms with Crippen molar-refractivity contribution in [3.8, 4) is 16.9 Å². The summed E-state index contributed by atoms with van der Waals surface area (Å²) >= 11 is 0. The molecule has 42 heavy (non-hydrogen) atoms. The number of hydrogen-bond donors (Lipinski definition) is 2. The van der Waals surface area contributed by atoms with E-state index in [9.17, 15) is 23.1 Å². The maximum absolute atomic E-state index is 14.4. The minimum atomic E-state index is -4.61. The standard InChI is InChI=1S/C33H29F3N2O4/c34-33(35,36)26-13-5-14-27(38-16-19-41-20-17-38)29(26)25-11-4-10-23-24(31(32(39)40)37-30(23)25)12-6-18-42-28-15-3-8-21-7-1-2-9-22(21)28/h1-5,7-11,13-15,37H,6,12,16-20H2,(H,39,40). The van der Waals surface area contributed by atoms with Crippen molar-refractivity contribution >= 4 is 33.3 Å². The summed E-state index contributed by atoms with van der Waals surface area (Å²) in [5.41, 5.74) is 0.890. The molecule has 5 aromatic rings. The second-order valence-electron chi connectivity index (χ2n) is 10.2. The summed E-state index contributed by atoms with van der Waals surface area (Å²) in [7, 11) is 0. The number of benzene rings is 4. The van der Waals surface area contributed by atoms with Crippen LogP contribution in [0.3, 0.4) is 0 Å². The van der Waals surface area contributed by atoms with Crippen molar-refractivity contribution in [1.29, 1.82) is 0 Å². The fourth-order valence-electron chi connectivity index (χ4n) is 5.80. The van der Waals surface area contributed by atoms with Crippen LogP contribution in [0, 0.1) is 0 Å². The van der Waals surface area contributed by atoms with Crippen molar-refractivity contribution in [3.05, 3.63) is 95.7 Å². The fraction of sp³-hybridized carbons (Fsp3) is 0.242. The quantitative estimate of drug-likeness (QED) is 0.187. The molecule has 0 amide bonds. The molecule has 1 aromatic heterocycles. The number of carbonyl (C=O) groups is 1. The van der Waals surface area contributed by atoms with Gasteiger partial charge < -0.3 is 24.5 Å². The number of fused-ring (bicyclic) bond motifs is 2. The minimum absolute atomic E-state index is 0.0278. The second-order valence-corrected chi connectivity index (χ2v) is 10.2. The Labute approximate surface area is 240 Å². The largest absolute Gasteiger partial charge is 0.493 e. The molecule has 6 nitrogen and oxygen atoms in total. The van der Waals surface area contributed by atoms with Gasteiger partial charge in [0.15, 0.2) is 0 Å². The number of carboxylic acids is 1. The molecule has 0 aliphatic carbocycles. The van der Waals surface area contributed by atoms with Gasteiger partial charge in [-0.1, -0.05) is 60.7 Å². The van der Waals surface area contributed by atoms with Gasteiger partial charge in [0.2, 0.25) is 0 Å². The van der Waals surface area contributed by atoms with Gasteiger partial charge >= 0.3 is 12.1 Å². The molecule has 2 heterocycles. The number of alkyl halides is 3. The Bertz CT molecular complexity index is 1750. The van der Waals surface area contributed by atoms with Gasteiger partial charge in [-0.15, -0.1) is 0 Å². The molecule has 1 aliphatic rings. The third-order valence-electron chi connectivity index (χ3n) is 7.70. The number of rotatable bonds is 8. The monoisotopic (exact) mass is 574 g/mol. The van der Waals surface area contributed by atoms with Gasteiger partial charge in [0, 0.05) is 40.7 Å². The third kappa shape index (κ3) is 5.27. The lowest BCUT2D eigenvalue weighted by atomic mass is 9.93. The molecule has 1 fully saturated rings. The molecule has 0 saturated carbocycles. The van der Waals surface area contributed by atoms with Crippen LogP contribution >= 0.6 is 0 Å². The zero-order valence-electron chi connectivity index (χ0n) is 22.7. The molecule has 216 valence electrons. The first-order chi connectivity index (χ1) is 20.3. The summed E-state index contributed by atoms with van der Waals surface area (Å²) in [6.45, 7) is 2.08. The highest BCUT2D eigenvalue weighted by Gasteiger charge is 2.36. The van der Waals surface area contributed by atoms with Crippen LogP contribution in [-0.2, 0) is 17.3 Å². The molecule has 0 radical (unpaired) electrons. The molecule has 9 heteroatoms. The number of nitrogens with zero attached hydrogens (tertiary/aromatic N) is 1. The van der Waals surface area contributed by atoms with E-state index in [2.05, 4.69) is 4.98 Å². The van der Waals surface area contributed by atoms with Gasteiger partial charge in [0.05, 0.1) is 30.9 Å². The van der Waals surface area contributed by atoms with Crippen molar-refractivity contribution in [3.63, 3.8) is 0 Å². The predicted octanol–water partition coefficient (Wildman–Crippen LogP) is 7.55. The van der Waals surface area contributed by atoms with E-state index in [1.165, 1.54) is 6.07 Å². The molecule has 1 saturated heterocycles. The molecule has 0 bridgehead atoms. The molecule has 1 aliphatic heterocycles. The van der Waals surface area contributed by atoms with Crippen LogP contribution in [0.4, 0.5) is 18.9 Å². The summed E-state index contributed by atoms with van der Waals surface area (Å²) < 4.78 is 54.6. The van der Waals surface area contributed by atoms with Crippen molar-refractivity contribution in [1.82, 2.24) is 4.98 Å². The first-order valence-electron chi connectivity index (χ1n) is 13.8. The molecule has 6 rings (SSSR count). The average molecular weight is 575 g/mol. The summed E-state index contributed by atoms with van der Waals surface area (Å²) in [5.74, 6) is -0.424. The molecule has 4 aromatic carbocycles. The lowest BCUT2D eigenvalue weighted by Crippen LogP contribution is -2.36. The maximum atomic E-state index is 14.4. The van der Waals surface area contributed by atoms with E-state index in [0.717, 1.165) is 22.6 Å². The van der Waals surface area contributed by atoms with E-state index in [4.69, 9.17) is 9.47 Å². The van der Waals surface area contributed by atoms with Crippen molar-refractivity contribution in [2.45, 2.75) is 19.0 Å². The first kappa shape index (κ1) is 27.7. The van der Waals surface area contributed by atoms with E-state index in [1.54, 1.807) is 24.3 Å². The number of para-hydroxylation sites is 1. The molecule has 0 atom stereocenters. The fourth-order valence-corrected chi connectivity index (χ4v) is 5.80. The SMILES string of the molecule is O=C(O)c1[nH]c2c(-c3c(N4CCOCC4)cccc3C(F)(F)F)cccc2c1CCCOc1cccc2ccccc12. The average Bonchev–Trinajstić information content (AvgIpc) is 3.38.